The Kier molecular flexibility index (Phi) is 4.57. The van der Waals surface area contributed by atoms with Crippen LogP contribution in [-0.2, 0) is 14.8 Å². The van der Waals surface area contributed by atoms with E-state index in [1.54, 1.807) is 31.2 Å². The molecule has 0 spiro atoms. The largest absolute Gasteiger partial charge is 0.442 e. The van der Waals surface area contributed by atoms with Crippen molar-refractivity contribution >= 4 is 16.1 Å². The second kappa shape index (κ2) is 6.00. The van der Waals surface area contributed by atoms with Crippen LogP contribution < -0.4 is 0 Å². The SMILES string of the molecule is C/C=C/[C@@H]1[C@@H](C(C)(C)C)OC(=O)N1S(=O)(=O)c1ccc(C)cc1. The van der Waals surface area contributed by atoms with Gasteiger partial charge < -0.3 is 4.74 Å². The van der Waals surface area contributed by atoms with Crippen LogP contribution in [0.15, 0.2) is 41.3 Å². The van der Waals surface area contributed by atoms with E-state index in [1.165, 1.54) is 12.1 Å². The summed E-state index contributed by atoms with van der Waals surface area (Å²) in [6, 6.07) is 5.78. The zero-order chi connectivity index (χ0) is 17.4. The molecule has 2 atom stereocenters. The van der Waals surface area contributed by atoms with Gasteiger partial charge in [-0.2, -0.15) is 4.31 Å². The Balaban J connectivity index is 2.51. The predicted molar refractivity (Wildman–Crippen MR) is 88.5 cm³/mol. The molecule has 5 nitrogen and oxygen atoms in total. The smallest absolute Gasteiger partial charge is 0.424 e. The Hall–Kier alpha value is -1.82. The van der Waals surface area contributed by atoms with Crippen LogP contribution in [0.2, 0.25) is 0 Å². The molecule has 1 aliphatic heterocycles. The Morgan fingerprint density at radius 1 is 1.17 bits per heavy atom. The van der Waals surface area contributed by atoms with Crippen LogP contribution in [0, 0.1) is 12.3 Å². The molecule has 0 aliphatic carbocycles. The molecule has 0 saturated carbocycles. The average Bonchev–Trinajstić information content (AvgIpc) is 2.77. The number of rotatable bonds is 3. The highest BCUT2D eigenvalue weighted by Gasteiger charge is 2.51. The molecule has 0 N–H and O–H groups in total. The van der Waals surface area contributed by atoms with Gasteiger partial charge in [0.05, 0.1) is 4.90 Å². The maximum atomic E-state index is 12.9. The van der Waals surface area contributed by atoms with E-state index in [0.717, 1.165) is 9.87 Å². The van der Waals surface area contributed by atoms with Crippen LogP contribution in [0.4, 0.5) is 4.79 Å². The van der Waals surface area contributed by atoms with Crippen molar-refractivity contribution in [2.45, 2.75) is 51.7 Å². The van der Waals surface area contributed by atoms with Gasteiger partial charge in [0.25, 0.3) is 10.0 Å². The van der Waals surface area contributed by atoms with Gasteiger partial charge in [-0.1, -0.05) is 50.6 Å². The van der Waals surface area contributed by atoms with Crippen LogP contribution in [0.1, 0.15) is 33.3 Å². The quantitative estimate of drug-likeness (QED) is 0.792. The van der Waals surface area contributed by atoms with E-state index in [-0.39, 0.29) is 10.3 Å². The van der Waals surface area contributed by atoms with Crippen molar-refractivity contribution in [2.75, 3.05) is 0 Å². The van der Waals surface area contributed by atoms with Crippen LogP contribution in [0.5, 0.6) is 0 Å². The lowest BCUT2D eigenvalue weighted by atomic mass is 9.85. The number of amides is 1. The van der Waals surface area contributed by atoms with Crippen molar-refractivity contribution in [3.8, 4) is 0 Å². The minimum atomic E-state index is -3.96. The second-order valence-corrected chi connectivity index (χ2v) is 8.62. The number of carbonyl (C=O) groups excluding carboxylic acids is 1. The first kappa shape index (κ1) is 17.5. The fourth-order valence-electron chi connectivity index (χ4n) is 2.62. The van der Waals surface area contributed by atoms with Crippen LogP contribution in [0.3, 0.4) is 0 Å². The summed E-state index contributed by atoms with van der Waals surface area (Å²) in [5.41, 5.74) is 0.572. The van der Waals surface area contributed by atoms with Crippen molar-refractivity contribution in [2.24, 2.45) is 5.41 Å². The minimum absolute atomic E-state index is 0.0871. The number of benzene rings is 1. The lowest BCUT2D eigenvalue weighted by Crippen LogP contribution is -2.43. The van der Waals surface area contributed by atoms with Crippen molar-refractivity contribution in [1.82, 2.24) is 4.31 Å². The van der Waals surface area contributed by atoms with E-state index < -0.39 is 28.3 Å². The van der Waals surface area contributed by atoms with Gasteiger partial charge in [-0.15, -0.1) is 0 Å². The van der Waals surface area contributed by atoms with Gasteiger partial charge in [0, 0.05) is 5.41 Å². The molecule has 0 radical (unpaired) electrons. The zero-order valence-electron chi connectivity index (χ0n) is 14.1. The van der Waals surface area contributed by atoms with Crippen LogP contribution >= 0.6 is 0 Å². The monoisotopic (exact) mass is 337 g/mol. The molecule has 6 heteroatoms. The molecule has 1 saturated heterocycles. The number of hydrogen-bond donors (Lipinski definition) is 0. The molecular weight excluding hydrogens is 314 g/mol. The molecule has 1 aromatic carbocycles. The van der Waals surface area contributed by atoms with Gasteiger partial charge in [-0.25, -0.2) is 13.2 Å². The summed E-state index contributed by atoms with van der Waals surface area (Å²) in [7, 11) is -3.96. The highest BCUT2D eigenvalue weighted by atomic mass is 32.2. The number of sulfonamides is 1. The first-order valence-corrected chi connectivity index (χ1v) is 8.97. The van der Waals surface area contributed by atoms with Crippen LogP contribution in [-0.4, -0.2) is 31.0 Å². The van der Waals surface area contributed by atoms with Gasteiger partial charge in [0.2, 0.25) is 0 Å². The van der Waals surface area contributed by atoms with Crippen molar-refractivity contribution < 1.29 is 17.9 Å². The fourth-order valence-corrected chi connectivity index (χ4v) is 4.07. The number of cyclic esters (lactones) is 1. The van der Waals surface area contributed by atoms with E-state index in [9.17, 15) is 13.2 Å². The van der Waals surface area contributed by atoms with E-state index in [1.807, 2.05) is 27.7 Å². The zero-order valence-corrected chi connectivity index (χ0v) is 14.9. The summed E-state index contributed by atoms with van der Waals surface area (Å²) in [6.07, 6.45) is 2.08. The van der Waals surface area contributed by atoms with Crippen molar-refractivity contribution in [1.29, 1.82) is 0 Å². The summed E-state index contributed by atoms with van der Waals surface area (Å²) >= 11 is 0. The molecule has 0 bridgehead atoms. The summed E-state index contributed by atoms with van der Waals surface area (Å²) in [5, 5.41) is 0. The summed E-state index contributed by atoms with van der Waals surface area (Å²) < 4.78 is 32.1. The highest BCUT2D eigenvalue weighted by molar-refractivity contribution is 7.89. The summed E-state index contributed by atoms with van der Waals surface area (Å²) in [5.74, 6) is 0. The second-order valence-electron chi connectivity index (χ2n) is 6.80. The highest BCUT2D eigenvalue weighted by Crippen LogP contribution is 2.37. The van der Waals surface area contributed by atoms with E-state index in [2.05, 4.69) is 0 Å². The third-order valence-corrected chi connectivity index (χ3v) is 5.59. The third-order valence-electron chi connectivity index (χ3n) is 3.81. The van der Waals surface area contributed by atoms with Gasteiger partial charge in [0.1, 0.15) is 12.1 Å². The fraction of sp³-hybridized carbons (Fsp3) is 0.471. The Morgan fingerprint density at radius 2 is 1.74 bits per heavy atom. The van der Waals surface area contributed by atoms with E-state index >= 15 is 0 Å². The molecule has 1 aliphatic rings. The standard InChI is InChI=1S/C17H23NO4S/c1-6-7-14-15(17(3,4)5)22-16(19)18(14)23(20,21)13-10-8-12(2)9-11-13/h6-11,14-15H,1-5H3/b7-6+/t14-,15+/m1/s1. The third kappa shape index (κ3) is 3.27. The van der Waals surface area contributed by atoms with E-state index in [0.29, 0.717) is 0 Å². The van der Waals surface area contributed by atoms with E-state index in [4.69, 9.17) is 4.74 Å². The van der Waals surface area contributed by atoms with Crippen molar-refractivity contribution in [3.63, 3.8) is 0 Å². The first-order chi connectivity index (χ1) is 10.6. The molecule has 126 valence electrons. The average molecular weight is 337 g/mol. The molecule has 0 aromatic heterocycles. The van der Waals surface area contributed by atoms with Gasteiger partial charge in [0.15, 0.2) is 0 Å². The number of ether oxygens (including phenoxy) is 1. The number of hydrogen-bond acceptors (Lipinski definition) is 4. The predicted octanol–water partition coefficient (Wildman–Crippen LogP) is 3.50. The topological polar surface area (TPSA) is 63.7 Å². The molecule has 0 unspecified atom stereocenters. The number of carbonyl (C=O) groups is 1. The van der Waals surface area contributed by atoms with Gasteiger partial charge in [-0.3, -0.25) is 0 Å². The Labute approximate surface area is 138 Å². The van der Waals surface area contributed by atoms with Crippen LogP contribution in [0.25, 0.3) is 0 Å². The molecule has 1 fully saturated rings. The molecule has 23 heavy (non-hydrogen) atoms. The van der Waals surface area contributed by atoms with Gasteiger partial charge >= 0.3 is 6.09 Å². The van der Waals surface area contributed by atoms with Crippen molar-refractivity contribution in [3.05, 3.63) is 42.0 Å². The minimum Gasteiger partial charge on any atom is -0.442 e. The summed E-state index contributed by atoms with van der Waals surface area (Å²) in [6.45, 7) is 9.42. The molecule has 2 rings (SSSR count). The number of aryl methyl sites for hydroxylation is 1. The molecule has 1 aromatic rings. The Bertz CT molecular complexity index is 714. The molecule has 1 heterocycles. The Morgan fingerprint density at radius 3 is 2.22 bits per heavy atom. The lowest BCUT2D eigenvalue weighted by Gasteiger charge is -2.29. The molecular formula is C17H23NO4S. The first-order valence-electron chi connectivity index (χ1n) is 7.53. The van der Waals surface area contributed by atoms with Gasteiger partial charge in [-0.05, 0) is 26.0 Å². The lowest BCUT2D eigenvalue weighted by molar-refractivity contribution is 0.0630. The summed E-state index contributed by atoms with van der Waals surface area (Å²) in [4.78, 5) is 12.4. The number of nitrogens with zero attached hydrogens (tertiary/aromatic N) is 1. The maximum absolute atomic E-state index is 12.9. The normalized spacial score (nSPS) is 22.7. The maximum Gasteiger partial charge on any atom is 0.424 e. The molecule has 1 amide bonds. The number of allylic oxidation sites excluding steroid dienone is 1.